The highest BCUT2D eigenvalue weighted by molar-refractivity contribution is 7.93. The van der Waals surface area contributed by atoms with Crippen LogP contribution in [0.1, 0.15) is 57.6 Å². The van der Waals surface area contributed by atoms with E-state index in [1.807, 2.05) is 17.5 Å². The van der Waals surface area contributed by atoms with E-state index in [9.17, 15) is 23.4 Å². The first-order valence-electron chi connectivity index (χ1n) is 11.3. The number of benzene rings is 2. The third-order valence-corrected chi connectivity index (χ3v) is 9.48. The molecule has 178 valence electrons. The van der Waals surface area contributed by atoms with Gasteiger partial charge in [0.15, 0.2) is 6.23 Å². The van der Waals surface area contributed by atoms with Gasteiger partial charge in [-0.2, -0.15) is 0 Å². The van der Waals surface area contributed by atoms with Gasteiger partial charge in [0.25, 0.3) is 0 Å². The molecule has 5 rings (SSSR count). The van der Waals surface area contributed by atoms with Gasteiger partial charge >= 0.3 is 5.97 Å². The fourth-order valence-corrected chi connectivity index (χ4v) is 7.54. The number of nitrogens with zero attached hydrogens (tertiary/aromatic N) is 1. The lowest BCUT2D eigenvalue weighted by atomic mass is 9.80. The predicted molar refractivity (Wildman–Crippen MR) is 133 cm³/mol. The quantitative estimate of drug-likeness (QED) is 0.436. The summed E-state index contributed by atoms with van der Waals surface area (Å²) in [7, 11) is -3.27. The number of nitrogens with one attached hydrogen (secondary N) is 1. The first-order chi connectivity index (χ1) is 16.3. The monoisotopic (exact) mass is 498 g/mol. The van der Waals surface area contributed by atoms with Crippen molar-refractivity contribution < 1.29 is 23.4 Å². The van der Waals surface area contributed by atoms with Crippen molar-refractivity contribution in [3.8, 4) is 0 Å². The second-order valence-electron chi connectivity index (χ2n) is 8.79. The molecule has 2 heterocycles. The average Bonchev–Trinajstić information content (AvgIpc) is 3.41. The van der Waals surface area contributed by atoms with Crippen LogP contribution in [0.3, 0.4) is 0 Å². The summed E-state index contributed by atoms with van der Waals surface area (Å²) in [4.78, 5) is 12.2. The standard InChI is InChI=1S/C25H26N2O5S2/c28-23(17-8-10-20(11-9-17)27-12-3-13-34(27,31)32)26-24-22(25(29)30)21(15-33-24)19-7-6-16-4-1-2-5-18(16)14-19/h1-2,4-5,8-11,15,19,23,26,28H,3,6-7,12-14H2,(H,29,30). The van der Waals surface area contributed by atoms with E-state index in [0.717, 1.165) is 24.8 Å². The Morgan fingerprint density at radius 1 is 1.12 bits per heavy atom. The lowest BCUT2D eigenvalue weighted by molar-refractivity contribution is 0.0696. The molecule has 9 heteroatoms. The summed E-state index contributed by atoms with van der Waals surface area (Å²) in [5, 5.41) is 26.0. The number of thiophene rings is 1. The SMILES string of the molecule is O=C(O)c1c(C2CCc3ccccc3C2)csc1NC(O)c1ccc(N2CCCS2(=O)=O)cc1. The molecule has 3 aromatic rings. The van der Waals surface area contributed by atoms with E-state index in [2.05, 4.69) is 17.4 Å². The highest BCUT2D eigenvalue weighted by Gasteiger charge is 2.30. The molecule has 1 aromatic heterocycles. The average molecular weight is 499 g/mol. The molecule has 2 unspecified atom stereocenters. The minimum Gasteiger partial charge on any atom is -0.478 e. The number of aliphatic hydroxyl groups is 1. The summed E-state index contributed by atoms with van der Waals surface area (Å²) in [6.07, 6.45) is 2.08. The van der Waals surface area contributed by atoms with E-state index in [0.29, 0.717) is 29.2 Å². The zero-order chi connectivity index (χ0) is 23.9. The number of hydrogen-bond donors (Lipinski definition) is 3. The Hall–Kier alpha value is -2.88. The molecule has 3 N–H and O–H groups in total. The van der Waals surface area contributed by atoms with Crippen molar-refractivity contribution in [3.05, 3.63) is 81.7 Å². The van der Waals surface area contributed by atoms with Crippen LogP contribution in [0.5, 0.6) is 0 Å². The lowest BCUT2D eigenvalue weighted by Gasteiger charge is -2.25. The topological polar surface area (TPSA) is 107 Å². The smallest absolute Gasteiger partial charge is 0.338 e. The number of hydrogen-bond acceptors (Lipinski definition) is 6. The van der Waals surface area contributed by atoms with Crippen LogP contribution in [0.4, 0.5) is 10.7 Å². The first kappa shape index (κ1) is 22.9. The van der Waals surface area contributed by atoms with Gasteiger partial charge in [-0.3, -0.25) is 4.31 Å². The van der Waals surface area contributed by atoms with Gasteiger partial charge in [-0.05, 0) is 65.8 Å². The maximum absolute atomic E-state index is 12.2. The molecule has 1 saturated heterocycles. The number of anilines is 2. The highest BCUT2D eigenvalue weighted by Crippen LogP contribution is 2.40. The minimum absolute atomic E-state index is 0.117. The number of fused-ring (bicyclic) bond motifs is 1. The summed E-state index contributed by atoms with van der Waals surface area (Å²) in [6.45, 7) is 0.452. The van der Waals surface area contributed by atoms with Crippen molar-refractivity contribution >= 4 is 38.0 Å². The maximum atomic E-state index is 12.2. The normalized spacial score (nSPS) is 20.0. The predicted octanol–water partition coefficient (Wildman–Crippen LogP) is 4.36. The summed E-state index contributed by atoms with van der Waals surface area (Å²) < 4.78 is 25.7. The van der Waals surface area contributed by atoms with Gasteiger partial charge in [-0.25, -0.2) is 13.2 Å². The van der Waals surface area contributed by atoms with Crippen LogP contribution in [0.15, 0.2) is 53.9 Å². The van der Waals surface area contributed by atoms with Gasteiger partial charge in [0.05, 0.1) is 17.0 Å². The molecule has 2 aliphatic rings. The van der Waals surface area contributed by atoms with Gasteiger partial charge in [0.1, 0.15) is 5.00 Å². The maximum Gasteiger partial charge on any atom is 0.338 e. The van der Waals surface area contributed by atoms with Crippen LogP contribution in [-0.4, -0.2) is 36.9 Å². The molecular formula is C25H26N2O5S2. The molecule has 0 saturated carbocycles. The van der Waals surface area contributed by atoms with Crippen molar-refractivity contribution in [1.29, 1.82) is 0 Å². The van der Waals surface area contributed by atoms with Crippen LogP contribution in [0, 0.1) is 0 Å². The zero-order valence-corrected chi connectivity index (χ0v) is 20.1. The molecule has 1 aliphatic carbocycles. The summed E-state index contributed by atoms with van der Waals surface area (Å²) in [5.74, 6) is -0.754. The number of carboxylic acid groups (broad SMARTS) is 1. The van der Waals surface area contributed by atoms with E-state index in [4.69, 9.17) is 0 Å². The molecule has 2 aromatic carbocycles. The molecule has 0 bridgehead atoms. The van der Waals surface area contributed by atoms with Crippen LogP contribution < -0.4 is 9.62 Å². The summed E-state index contributed by atoms with van der Waals surface area (Å²) >= 11 is 1.29. The van der Waals surface area contributed by atoms with E-state index >= 15 is 0 Å². The summed E-state index contributed by atoms with van der Waals surface area (Å²) in [5.41, 5.74) is 4.69. The minimum atomic E-state index is -3.27. The summed E-state index contributed by atoms with van der Waals surface area (Å²) in [6, 6.07) is 14.9. The van der Waals surface area contributed by atoms with Crippen LogP contribution in [0.2, 0.25) is 0 Å². The second-order valence-corrected chi connectivity index (χ2v) is 11.7. The van der Waals surface area contributed by atoms with Crippen LogP contribution >= 0.6 is 11.3 Å². The van der Waals surface area contributed by atoms with Gasteiger partial charge in [0, 0.05) is 12.1 Å². The Bertz CT molecular complexity index is 1320. The van der Waals surface area contributed by atoms with Crippen molar-refractivity contribution in [2.75, 3.05) is 21.9 Å². The lowest BCUT2D eigenvalue weighted by Crippen LogP contribution is -2.25. The van der Waals surface area contributed by atoms with Gasteiger partial charge < -0.3 is 15.5 Å². The van der Waals surface area contributed by atoms with Crippen molar-refractivity contribution in [2.24, 2.45) is 0 Å². The second kappa shape index (κ2) is 9.05. The fourth-order valence-electron chi connectivity index (χ4n) is 4.92. The molecule has 0 radical (unpaired) electrons. The molecule has 2 atom stereocenters. The Labute approximate surface area is 202 Å². The molecule has 0 amide bonds. The Balaban J connectivity index is 1.35. The molecule has 0 spiro atoms. The zero-order valence-electron chi connectivity index (χ0n) is 18.5. The highest BCUT2D eigenvalue weighted by atomic mass is 32.2. The molecular weight excluding hydrogens is 472 g/mol. The number of carboxylic acids is 1. The van der Waals surface area contributed by atoms with Gasteiger partial charge in [0.2, 0.25) is 10.0 Å². The largest absolute Gasteiger partial charge is 0.478 e. The number of aliphatic hydroxyl groups excluding tert-OH is 1. The van der Waals surface area contributed by atoms with Crippen molar-refractivity contribution in [1.82, 2.24) is 0 Å². The molecule has 1 fully saturated rings. The number of aryl methyl sites for hydroxylation is 1. The third-order valence-electron chi connectivity index (χ3n) is 6.68. The van der Waals surface area contributed by atoms with Crippen molar-refractivity contribution in [2.45, 2.75) is 37.8 Å². The third kappa shape index (κ3) is 4.31. The van der Waals surface area contributed by atoms with E-state index in [-0.39, 0.29) is 17.2 Å². The fraction of sp³-hybridized carbons (Fsp3) is 0.320. The van der Waals surface area contributed by atoms with Crippen LogP contribution in [-0.2, 0) is 22.9 Å². The van der Waals surface area contributed by atoms with E-state index < -0.39 is 22.2 Å². The van der Waals surface area contributed by atoms with Crippen LogP contribution in [0.25, 0.3) is 0 Å². The first-order valence-corrected chi connectivity index (χ1v) is 13.8. The molecule has 1 aliphatic heterocycles. The number of aromatic carboxylic acids is 1. The van der Waals surface area contributed by atoms with E-state index in [1.54, 1.807) is 24.3 Å². The molecule has 7 nitrogen and oxygen atoms in total. The number of sulfonamides is 1. The van der Waals surface area contributed by atoms with Gasteiger partial charge in [-0.15, -0.1) is 11.3 Å². The Morgan fingerprint density at radius 2 is 1.85 bits per heavy atom. The number of carbonyl (C=O) groups is 1. The Kier molecular flexibility index (Phi) is 6.09. The van der Waals surface area contributed by atoms with Gasteiger partial charge in [-0.1, -0.05) is 36.4 Å². The molecule has 34 heavy (non-hydrogen) atoms. The Morgan fingerprint density at radius 3 is 2.53 bits per heavy atom. The van der Waals surface area contributed by atoms with E-state index in [1.165, 1.54) is 26.8 Å². The van der Waals surface area contributed by atoms with Crippen molar-refractivity contribution in [3.63, 3.8) is 0 Å². The number of rotatable bonds is 6.